The van der Waals surface area contributed by atoms with Crippen LogP contribution in [0.25, 0.3) is 11.5 Å². The molecular weight excluding hydrogens is 276 g/mol. The zero-order valence-corrected chi connectivity index (χ0v) is 11.9. The fraction of sp³-hybridized carbons (Fsp3) is 0.286. The van der Waals surface area contributed by atoms with Gasteiger partial charge in [-0.25, -0.2) is 9.78 Å². The van der Waals surface area contributed by atoms with Crippen molar-refractivity contribution in [2.75, 3.05) is 6.61 Å². The Bertz CT molecular complexity index is 705. The first-order valence-electron chi connectivity index (χ1n) is 6.34. The lowest BCUT2D eigenvalue weighted by Crippen LogP contribution is -2.04. The van der Waals surface area contributed by atoms with Crippen molar-refractivity contribution in [2.45, 2.75) is 20.8 Å². The largest absolute Gasteiger partial charge is 0.460 e. The second kappa shape index (κ2) is 5.74. The molecule has 21 heavy (non-hydrogen) atoms. The van der Waals surface area contributed by atoms with Gasteiger partial charge in [0.1, 0.15) is 5.56 Å². The van der Waals surface area contributed by atoms with E-state index >= 15 is 0 Å². The summed E-state index contributed by atoms with van der Waals surface area (Å²) in [4.78, 5) is 26.4. The molecule has 0 aliphatic rings. The average molecular weight is 290 g/mol. The zero-order chi connectivity index (χ0) is 15.6. The molecule has 2 aromatic rings. The van der Waals surface area contributed by atoms with Crippen molar-refractivity contribution < 1.29 is 18.9 Å². The predicted octanol–water partition coefficient (Wildman–Crippen LogP) is 3.04. The van der Waals surface area contributed by atoms with Crippen LogP contribution in [0.2, 0.25) is 0 Å². The average Bonchev–Trinajstić information content (AvgIpc) is 2.80. The summed E-state index contributed by atoms with van der Waals surface area (Å²) in [7, 11) is 0. The number of nitro groups is 1. The number of benzene rings is 1. The van der Waals surface area contributed by atoms with E-state index in [0.717, 1.165) is 5.56 Å². The van der Waals surface area contributed by atoms with Crippen molar-refractivity contribution in [3.05, 3.63) is 45.3 Å². The molecule has 0 unspecified atom stereocenters. The number of aryl methyl sites for hydroxylation is 2. The van der Waals surface area contributed by atoms with Crippen LogP contribution in [-0.4, -0.2) is 22.5 Å². The normalized spacial score (nSPS) is 10.4. The predicted molar refractivity (Wildman–Crippen MR) is 74.0 cm³/mol. The van der Waals surface area contributed by atoms with Gasteiger partial charge in [-0.1, -0.05) is 6.07 Å². The second-order valence-corrected chi connectivity index (χ2v) is 4.43. The quantitative estimate of drug-likeness (QED) is 0.488. The minimum absolute atomic E-state index is 0.0333. The number of rotatable bonds is 4. The van der Waals surface area contributed by atoms with E-state index < -0.39 is 10.9 Å². The molecule has 2 rings (SSSR count). The molecule has 0 radical (unpaired) electrons. The fourth-order valence-corrected chi connectivity index (χ4v) is 1.88. The van der Waals surface area contributed by atoms with Crippen molar-refractivity contribution in [1.82, 2.24) is 4.98 Å². The number of nitrogens with zero attached hydrogens (tertiary/aromatic N) is 2. The van der Waals surface area contributed by atoms with E-state index in [-0.39, 0.29) is 29.5 Å². The van der Waals surface area contributed by atoms with Crippen molar-refractivity contribution in [1.29, 1.82) is 0 Å². The highest BCUT2D eigenvalue weighted by Crippen LogP contribution is 2.31. The third kappa shape index (κ3) is 2.91. The molecule has 7 nitrogen and oxygen atoms in total. The number of carbonyl (C=O) groups excluding carboxylic acids is 1. The summed E-state index contributed by atoms with van der Waals surface area (Å²) in [6, 6.07) is 4.61. The molecule has 0 amide bonds. The third-order valence-corrected chi connectivity index (χ3v) is 2.84. The lowest BCUT2D eigenvalue weighted by Gasteiger charge is -2.00. The van der Waals surface area contributed by atoms with Gasteiger partial charge >= 0.3 is 5.97 Å². The van der Waals surface area contributed by atoms with Crippen LogP contribution in [0.5, 0.6) is 0 Å². The van der Waals surface area contributed by atoms with Crippen molar-refractivity contribution in [3.8, 4) is 11.5 Å². The number of carbonyl (C=O) groups is 1. The first kappa shape index (κ1) is 14.7. The number of hydrogen-bond acceptors (Lipinski definition) is 6. The topological polar surface area (TPSA) is 95.5 Å². The number of aromatic nitrogens is 1. The Morgan fingerprint density at radius 2 is 2.14 bits per heavy atom. The third-order valence-electron chi connectivity index (χ3n) is 2.84. The van der Waals surface area contributed by atoms with Crippen LogP contribution in [0, 0.1) is 24.0 Å². The molecule has 110 valence electrons. The fourth-order valence-electron chi connectivity index (χ4n) is 1.88. The van der Waals surface area contributed by atoms with Gasteiger partial charge < -0.3 is 9.15 Å². The summed E-state index contributed by atoms with van der Waals surface area (Å²) < 4.78 is 10.2. The molecule has 0 spiro atoms. The first-order valence-corrected chi connectivity index (χ1v) is 6.34. The molecule has 0 bridgehead atoms. The summed E-state index contributed by atoms with van der Waals surface area (Å²) in [6.45, 7) is 5.27. The van der Waals surface area contributed by atoms with E-state index in [1.807, 2.05) is 0 Å². The van der Waals surface area contributed by atoms with Gasteiger partial charge in [-0.2, -0.15) is 0 Å². The highest BCUT2D eigenvalue weighted by Gasteiger charge is 2.24. The number of oxazole rings is 1. The molecule has 1 heterocycles. The van der Waals surface area contributed by atoms with Gasteiger partial charge in [0.2, 0.25) is 11.7 Å². The summed E-state index contributed by atoms with van der Waals surface area (Å²) in [5.74, 6) is -0.641. The SMILES string of the molecule is CCOC(=O)c1oc(-c2cc(C)ccc2[N+](=O)[O-])nc1C. The summed E-state index contributed by atoms with van der Waals surface area (Å²) in [6.07, 6.45) is 0. The molecule has 0 fully saturated rings. The summed E-state index contributed by atoms with van der Waals surface area (Å²) in [5, 5.41) is 11.1. The molecule has 1 aromatic heterocycles. The zero-order valence-electron chi connectivity index (χ0n) is 11.9. The maximum atomic E-state index is 11.7. The van der Waals surface area contributed by atoms with Crippen LogP contribution in [-0.2, 0) is 4.74 Å². The van der Waals surface area contributed by atoms with E-state index in [9.17, 15) is 14.9 Å². The van der Waals surface area contributed by atoms with Gasteiger partial charge in [-0.05, 0) is 32.4 Å². The highest BCUT2D eigenvalue weighted by atomic mass is 16.6. The van der Waals surface area contributed by atoms with Crippen LogP contribution in [0.3, 0.4) is 0 Å². The maximum Gasteiger partial charge on any atom is 0.376 e. The molecule has 7 heteroatoms. The minimum atomic E-state index is -0.635. The van der Waals surface area contributed by atoms with Gasteiger partial charge in [0.25, 0.3) is 5.69 Å². The lowest BCUT2D eigenvalue weighted by molar-refractivity contribution is -0.384. The van der Waals surface area contributed by atoms with Gasteiger partial charge in [-0.15, -0.1) is 0 Å². The van der Waals surface area contributed by atoms with Crippen LogP contribution < -0.4 is 0 Å². The number of esters is 1. The summed E-state index contributed by atoms with van der Waals surface area (Å²) >= 11 is 0. The molecule has 0 saturated carbocycles. The highest BCUT2D eigenvalue weighted by molar-refractivity contribution is 5.88. The van der Waals surface area contributed by atoms with E-state index in [4.69, 9.17) is 9.15 Å². The van der Waals surface area contributed by atoms with Crippen LogP contribution >= 0.6 is 0 Å². The maximum absolute atomic E-state index is 11.7. The Morgan fingerprint density at radius 1 is 1.43 bits per heavy atom. The van der Waals surface area contributed by atoms with Crippen molar-refractivity contribution in [3.63, 3.8) is 0 Å². The Balaban J connectivity index is 2.53. The number of hydrogen-bond donors (Lipinski definition) is 0. The van der Waals surface area contributed by atoms with E-state index in [1.165, 1.54) is 6.07 Å². The van der Waals surface area contributed by atoms with Gasteiger partial charge in [0, 0.05) is 6.07 Å². The molecule has 1 aromatic carbocycles. The monoisotopic (exact) mass is 290 g/mol. The molecule has 0 atom stereocenters. The van der Waals surface area contributed by atoms with Crippen LogP contribution in [0.4, 0.5) is 5.69 Å². The molecule has 0 saturated heterocycles. The van der Waals surface area contributed by atoms with Gasteiger partial charge in [0.05, 0.1) is 17.2 Å². The van der Waals surface area contributed by atoms with E-state index in [0.29, 0.717) is 5.69 Å². The Morgan fingerprint density at radius 3 is 2.76 bits per heavy atom. The smallest absolute Gasteiger partial charge is 0.376 e. The van der Waals surface area contributed by atoms with Gasteiger partial charge in [0.15, 0.2) is 0 Å². The van der Waals surface area contributed by atoms with Crippen molar-refractivity contribution in [2.24, 2.45) is 0 Å². The summed E-state index contributed by atoms with van der Waals surface area (Å²) in [5.41, 5.74) is 1.26. The first-order chi connectivity index (χ1) is 9.93. The Kier molecular flexibility index (Phi) is 4.02. The van der Waals surface area contributed by atoms with E-state index in [2.05, 4.69) is 4.98 Å². The molecule has 0 aliphatic carbocycles. The lowest BCUT2D eigenvalue weighted by atomic mass is 10.1. The van der Waals surface area contributed by atoms with Crippen molar-refractivity contribution >= 4 is 11.7 Å². The standard InChI is InChI=1S/C14H14N2O5/c1-4-20-14(17)12-9(3)15-13(21-12)10-7-8(2)5-6-11(10)16(18)19/h5-7H,4H2,1-3H3. The Labute approximate surface area is 120 Å². The van der Waals surface area contributed by atoms with Crippen LogP contribution in [0.1, 0.15) is 28.7 Å². The number of nitro benzene ring substituents is 1. The second-order valence-electron chi connectivity index (χ2n) is 4.43. The molecule has 0 N–H and O–H groups in total. The van der Waals surface area contributed by atoms with E-state index in [1.54, 1.807) is 32.9 Å². The van der Waals surface area contributed by atoms with Gasteiger partial charge in [-0.3, -0.25) is 10.1 Å². The molecule has 0 aliphatic heterocycles. The Hall–Kier alpha value is -2.70. The molecular formula is C14H14N2O5. The number of ether oxygens (including phenoxy) is 1. The minimum Gasteiger partial charge on any atom is -0.460 e. The van der Waals surface area contributed by atoms with Crippen LogP contribution in [0.15, 0.2) is 22.6 Å².